The number of fused-ring (bicyclic) bond motifs is 1. The Bertz CT molecular complexity index is 367. The molecule has 94 valence electrons. The lowest BCUT2D eigenvalue weighted by atomic mass is 10.1. The lowest BCUT2D eigenvalue weighted by Gasteiger charge is -2.11. The monoisotopic (exact) mass is 253 g/mol. The van der Waals surface area contributed by atoms with E-state index in [0.717, 1.165) is 43.7 Å². The minimum Gasteiger partial charge on any atom is -0.396 e. The van der Waals surface area contributed by atoms with Crippen LogP contribution in [0.3, 0.4) is 0 Å². The van der Waals surface area contributed by atoms with Crippen LogP contribution in [0.1, 0.15) is 30.4 Å². The quantitative estimate of drug-likeness (QED) is 0.764. The molecule has 1 aromatic carbocycles. The van der Waals surface area contributed by atoms with Crippen LogP contribution < -0.4 is 5.32 Å². The average molecular weight is 254 g/mol. The molecule has 0 saturated carbocycles. The van der Waals surface area contributed by atoms with Crippen LogP contribution in [-0.4, -0.2) is 24.3 Å². The lowest BCUT2D eigenvalue weighted by Crippen LogP contribution is -2.30. The summed E-state index contributed by atoms with van der Waals surface area (Å²) in [6.45, 7) is 1.36. The third-order valence-electron chi connectivity index (χ3n) is 3.37. The van der Waals surface area contributed by atoms with E-state index in [4.69, 9.17) is 16.7 Å². The molecule has 17 heavy (non-hydrogen) atoms. The first-order chi connectivity index (χ1) is 8.29. The van der Waals surface area contributed by atoms with E-state index in [1.165, 1.54) is 11.1 Å². The van der Waals surface area contributed by atoms with Gasteiger partial charge >= 0.3 is 0 Å². The van der Waals surface area contributed by atoms with Crippen molar-refractivity contribution < 1.29 is 5.11 Å². The molecule has 0 fully saturated rings. The molecule has 2 nitrogen and oxygen atoms in total. The summed E-state index contributed by atoms with van der Waals surface area (Å²) in [6.07, 6.45) is 5.38. The Morgan fingerprint density at radius 3 is 2.82 bits per heavy atom. The normalized spacial score (nSPS) is 18.4. The molecular formula is C14H20ClNO. The largest absolute Gasteiger partial charge is 0.396 e. The Morgan fingerprint density at radius 2 is 2.00 bits per heavy atom. The first kappa shape index (κ1) is 12.9. The second-order valence-electron chi connectivity index (χ2n) is 4.76. The number of hydrogen-bond acceptors (Lipinski definition) is 2. The minimum absolute atomic E-state index is 0.313. The fourth-order valence-corrected chi connectivity index (χ4v) is 2.65. The number of unbranched alkanes of at least 4 members (excludes halogenated alkanes) is 2. The SMILES string of the molecule is OCCCCCNC1Cc2ccc(Cl)cc2C1. The summed E-state index contributed by atoms with van der Waals surface area (Å²) in [7, 11) is 0. The van der Waals surface area contributed by atoms with Gasteiger partial charge in [0.05, 0.1) is 0 Å². The summed E-state index contributed by atoms with van der Waals surface area (Å²) >= 11 is 5.99. The highest BCUT2D eigenvalue weighted by Crippen LogP contribution is 2.25. The van der Waals surface area contributed by atoms with Crippen molar-refractivity contribution in [1.29, 1.82) is 0 Å². The van der Waals surface area contributed by atoms with Gasteiger partial charge < -0.3 is 10.4 Å². The topological polar surface area (TPSA) is 32.3 Å². The van der Waals surface area contributed by atoms with Crippen molar-refractivity contribution >= 4 is 11.6 Å². The van der Waals surface area contributed by atoms with Gasteiger partial charge in [-0.25, -0.2) is 0 Å². The summed E-state index contributed by atoms with van der Waals surface area (Å²) in [5, 5.41) is 13.1. The zero-order valence-corrected chi connectivity index (χ0v) is 10.8. The van der Waals surface area contributed by atoms with E-state index in [9.17, 15) is 0 Å². The molecule has 0 amide bonds. The summed E-state index contributed by atoms with van der Waals surface area (Å²) < 4.78 is 0. The van der Waals surface area contributed by atoms with Crippen LogP contribution in [0, 0.1) is 0 Å². The van der Waals surface area contributed by atoms with Crippen LogP contribution in [0.2, 0.25) is 5.02 Å². The highest BCUT2D eigenvalue weighted by atomic mass is 35.5. The van der Waals surface area contributed by atoms with Crippen molar-refractivity contribution in [3.05, 3.63) is 34.3 Å². The van der Waals surface area contributed by atoms with Crippen LogP contribution >= 0.6 is 11.6 Å². The Balaban J connectivity index is 1.73. The Labute approximate surface area is 108 Å². The minimum atomic E-state index is 0.313. The van der Waals surface area contributed by atoms with Crippen LogP contribution in [0.15, 0.2) is 18.2 Å². The molecule has 0 saturated heterocycles. The fraction of sp³-hybridized carbons (Fsp3) is 0.571. The van der Waals surface area contributed by atoms with Crippen molar-refractivity contribution in [2.24, 2.45) is 0 Å². The zero-order valence-electron chi connectivity index (χ0n) is 10.1. The summed E-state index contributed by atoms with van der Waals surface area (Å²) in [4.78, 5) is 0. The van der Waals surface area contributed by atoms with Crippen LogP contribution in [0.25, 0.3) is 0 Å². The molecule has 3 heteroatoms. The summed E-state index contributed by atoms with van der Waals surface area (Å²) in [6, 6.07) is 6.78. The number of rotatable bonds is 6. The predicted octanol–water partition coefficient (Wildman–Crippen LogP) is 2.56. The van der Waals surface area contributed by atoms with Gasteiger partial charge in [0, 0.05) is 17.7 Å². The van der Waals surface area contributed by atoms with Crippen molar-refractivity contribution in [2.75, 3.05) is 13.2 Å². The predicted molar refractivity (Wildman–Crippen MR) is 71.6 cm³/mol. The molecule has 1 aliphatic carbocycles. The van der Waals surface area contributed by atoms with Gasteiger partial charge in [0.1, 0.15) is 0 Å². The average Bonchev–Trinajstić information content (AvgIpc) is 2.70. The molecule has 0 bridgehead atoms. The van der Waals surface area contributed by atoms with Gasteiger partial charge in [0.2, 0.25) is 0 Å². The van der Waals surface area contributed by atoms with Gasteiger partial charge in [0.15, 0.2) is 0 Å². The van der Waals surface area contributed by atoms with Crippen molar-refractivity contribution in [3.8, 4) is 0 Å². The molecule has 1 aliphatic rings. The third-order valence-corrected chi connectivity index (χ3v) is 3.60. The maximum atomic E-state index is 8.69. The van der Waals surface area contributed by atoms with Crippen molar-refractivity contribution in [1.82, 2.24) is 5.32 Å². The first-order valence-electron chi connectivity index (χ1n) is 6.41. The molecule has 1 unspecified atom stereocenters. The standard InChI is InChI=1S/C14H20ClNO/c15-13-5-4-11-9-14(10-12(11)8-13)16-6-2-1-3-7-17/h4-5,8,14,16-17H,1-3,6-7,9-10H2. The maximum Gasteiger partial charge on any atom is 0.0431 e. The molecule has 0 heterocycles. The second kappa shape index (κ2) is 6.39. The summed E-state index contributed by atoms with van der Waals surface area (Å²) in [5.74, 6) is 0. The van der Waals surface area contributed by atoms with E-state index in [1.807, 2.05) is 6.07 Å². The Morgan fingerprint density at radius 1 is 1.18 bits per heavy atom. The smallest absolute Gasteiger partial charge is 0.0431 e. The second-order valence-corrected chi connectivity index (χ2v) is 5.19. The van der Waals surface area contributed by atoms with Crippen LogP contribution in [-0.2, 0) is 12.8 Å². The zero-order chi connectivity index (χ0) is 12.1. The molecule has 1 aromatic rings. The van der Waals surface area contributed by atoms with Gasteiger partial charge in [0.25, 0.3) is 0 Å². The third kappa shape index (κ3) is 3.70. The number of halogens is 1. The van der Waals surface area contributed by atoms with Gasteiger partial charge in [-0.15, -0.1) is 0 Å². The van der Waals surface area contributed by atoms with Crippen molar-refractivity contribution in [3.63, 3.8) is 0 Å². The van der Waals surface area contributed by atoms with Crippen molar-refractivity contribution in [2.45, 2.75) is 38.1 Å². The first-order valence-corrected chi connectivity index (χ1v) is 6.79. The van der Waals surface area contributed by atoms with E-state index in [2.05, 4.69) is 17.4 Å². The van der Waals surface area contributed by atoms with Gasteiger partial charge in [-0.3, -0.25) is 0 Å². The molecular weight excluding hydrogens is 234 g/mol. The number of aliphatic hydroxyl groups is 1. The summed E-state index contributed by atoms with van der Waals surface area (Å²) in [5.41, 5.74) is 2.83. The number of benzene rings is 1. The molecule has 1 atom stereocenters. The molecule has 2 N–H and O–H groups in total. The molecule has 0 aliphatic heterocycles. The highest BCUT2D eigenvalue weighted by Gasteiger charge is 2.20. The maximum absolute atomic E-state index is 8.69. The Kier molecular flexibility index (Phi) is 4.84. The van der Waals surface area contributed by atoms with Gasteiger partial charge in [-0.1, -0.05) is 17.7 Å². The van der Waals surface area contributed by atoms with Gasteiger partial charge in [-0.2, -0.15) is 0 Å². The number of hydrogen-bond donors (Lipinski definition) is 2. The number of nitrogens with one attached hydrogen (secondary N) is 1. The van der Waals surface area contributed by atoms with E-state index in [1.54, 1.807) is 0 Å². The molecule has 0 radical (unpaired) electrons. The van der Waals surface area contributed by atoms with Crippen LogP contribution in [0.4, 0.5) is 0 Å². The van der Waals surface area contributed by atoms with E-state index in [0.29, 0.717) is 12.6 Å². The van der Waals surface area contributed by atoms with E-state index in [-0.39, 0.29) is 0 Å². The highest BCUT2D eigenvalue weighted by molar-refractivity contribution is 6.30. The fourth-order valence-electron chi connectivity index (χ4n) is 2.45. The molecule has 0 spiro atoms. The van der Waals surface area contributed by atoms with Crippen LogP contribution in [0.5, 0.6) is 0 Å². The number of aliphatic hydroxyl groups excluding tert-OH is 1. The molecule has 0 aromatic heterocycles. The lowest BCUT2D eigenvalue weighted by molar-refractivity contribution is 0.282. The van der Waals surface area contributed by atoms with Gasteiger partial charge in [-0.05, 0) is 61.9 Å². The van der Waals surface area contributed by atoms with E-state index >= 15 is 0 Å². The molecule has 2 rings (SSSR count). The Hall–Kier alpha value is -0.570. The van der Waals surface area contributed by atoms with E-state index < -0.39 is 0 Å².